The van der Waals surface area contributed by atoms with Crippen molar-refractivity contribution in [3.63, 3.8) is 0 Å². The lowest BCUT2D eigenvalue weighted by Gasteiger charge is -2.11. The van der Waals surface area contributed by atoms with Gasteiger partial charge >= 0.3 is 6.18 Å². The molecule has 122 valence electrons. The lowest BCUT2D eigenvalue weighted by atomic mass is 10.2. The van der Waals surface area contributed by atoms with Gasteiger partial charge in [-0.15, -0.1) is 5.54 Å². The molecule has 0 unspecified atom stereocenters. The second kappa shape index (κ2) is 5.74. The van der Waals surface area contributed by atoms with Gasteiger partial charge < -0.3 is 4.74 Å². The number of nitrogens with zero attached hydrogens (tertiary/aromatic N) is 2. The van der Waals surface area contributed by atoms with Crippen molar-refractivity contribution >= 4 is 13.7 Å². The number of aromatic nitrogens is 2. The maximum Gasteiger partial charge on any atom is 0.434 e. The van der Waals surface area contributed by atoms with Gasteiger partial charge in [0.15, 0.2) is 5.69 Å². The Morgan fingerprint density at radius 2 is 1.96 bits per heavy atom. The molecule has 2 heterocycles. The number of halogens is 3. The normalized spacial score (nSPS) is 12.0. The van der Waals surface area contributed by atoms with Crippen molar-refractivity contribution < 1.29 is 17.9 Å². The minimum Gasteiger partial charge on any atom is -0.497 e. The van der Waals surface area contributed by atoms with Crippen molar-refractivity contribution in [2.24, 2.45) is 0 Å². The number of pyridine rings is 1. The Balaban J connectivity index is 2.85. The van der Waals surface area contributed by atoms with Gasteiger partial charge in [-0.2, -0.15) is 13.2 Å². The predicted molar refractivity (Wildman–Crippen MR) is 83.2 cm³/mol. The molecule has 2 rings (SSSR count). The van der Waals surface area contributed by atoms with Gasteiger partial charge in [0.1, 0.15) is 25.0 Å². The van der Waals surface area contributed by atoms with Crippen molar-refractivity contribution in [3.05, 3.63) is 39.9 Å². The molecule has 0 bridgehead atoms. The van der Waals surface area contributed by atoms with Crippen LogP contribution in [-0.2, 0) is 6.18 Å². The van der Waals surface area contributed by atoms with E-state index in [9.17, 15) is 18.0 Å². The summed E-state index contributed by atoms with van der Waals surface area (Å²) in [6.45, 7) is 5.64. The summed E-state index contributed by atoms with van der Waals surface area (Å²) in [4.78, 5) is 16.0. The van der Waals surface area contributed by atoms with E-state index in [1.54, 1.807) is 0 Å². The van der Waals surface area contributed by atoms with Gasteiger partial charge in [0, 0.05) is 12.3 Å². The van der Waals surface area contributed by atoms with Crippen molar-refractivity contribution in [2.45, 2.75) is 25.8 Å². The standard InChI is InChI=1S/C15H15F3N2O2Si/c1-22-10-5-7-20-12(9-10)19-13(15(16,17)18)11(14(20)21)6-8-23(2,3)4/h5,7,9H,1-4H3. The van der Waals surface area contributed by atoms with E-state index in [-0.39, 0.29) is 5.65 Å². The summed E-state index contributed by atoms with van der Waals surface area (Å²) in [5.41, 5.74) is -0.0715. The Morgan fingerprint density at radius 3 is 2.48 bits per heavy atom. The van der Waals surface area contributed by atoms with Crippen LogP contribution >= 0.6 is 0 Å². The summed E-state index contributed by atoms with van der Waals surface area (Å²) in [6.07, 6.45) is -3.44. The molecule has 2 aromatic heterocycles. The van der Waals surface area contributed by atoms with Gasteiger partial charge in [0.25, 0.3) is 5.56 Å². The van der Waals surface area contributed by atoms with E-state index in [1.165, 1.54) is 25.4 Å². The van der Waals surface area contributed by atoms with Crippen LogP contribution in [0.1, 0.15) is 11.3 Å². The average molecular weight is 340 g/mol. The Labute approximate surface area is 131 Å². The van der Waals surface area contributed by atoms with Crippen LogP contribution < -0.4 is 10.3 Å². The lowest BCUT2D eigenvalue weighted by molar-refractivity contribution is -0.141. The molecule has 0 atom stereocenters. The highest BCUT2D eigenvalue weighted by atomic mass is 28.3. The summed E-state index contributed by atoms with van der Waals surface area (Å²) in [7, 11) is -0.574. The Kier molecular flexibility index (Phi) is 4.26. The van der Waals surface area contributed by atoms with E-state index in [0.29, 0.717) is 5.75 Å². The molecule has 8 heteroatoms. The van der Waals surface area contributed by atoms with E-state index in [4.69, 9.17) is 4.74 Å². The minimum atomic E-state index is -4.76. The summed E-state index contributed by atoms with van der Waals surface area (Å²) in [6, 6.07) is 2.74. The number of hydrogen-bond donors (Lipinski definition) is 0. The molecule has 0 aliphatic heterocycles. The van der Waals surface area contributed by atoms with Crippen LogP contribution in [0.15, 0.2) is 23.1 Å². The first-order valence-corrected chi connectivity index (χ1v) is 10.2. The maximum absolute atomic E-state index is 13.3. The molecule has 0 aliphatic rings. The zero-order chi connectivity index (χ0) is 17.4. The number of fused-ring (bicyclic) bond motifs is 1. The summed E-state index contributed by atoms with van der Waals surface area (Å²) < 4.78 is 45.8. The monoisotopic (exact) mass is 340 g/mol. The SMILES string of the molecule is COc1ccn2c(=O)c(C#C[Si](C)(C)C)c(C(F)(F)F)nc2c1. The third kappa shape index (κ3) is 3.74. The predicted octanol–water partition coefficient (Wildman–Crippen LogP) is 2.95. The Bertz CT molecular complexity index is 871. The van der Waals surface area contributed by atoms with Gasteiger partial charge in [-0.3, -0.25) is 9.20 Å². The van der Waals surface area contributed by atoms with Gasteiger partial charge in [0.05, 0.1) is 7.11 Å². The highest BCUT2D eigenvalue weighted by Crippen LogP contribution is 2.29. The number of methoxy groups -OCH3 is 1. The molecular weight excluding hydrogens is 325 g/mol. The van der Waals surface area contributed by atoms with E-state index in [2.05, 4.69) is 16.4 Å². The first kappa shape index (κ1) is 17.1. The smallest absolute Gasteiger partial charge is 0.434 e. The number of alkyl halides is 3. The topological polar surface area (TPSA) is 43.6 Å². The molecule has 2 aromatic rings. The molecular formula is C15H15F3N2O2Si. The fraction of sp³-hybridized carbons (Fsp3) is 0.333. The number of ether oxygens (including phenoxy) is 1. The number of rotatable bonds is 1. The van der Waals surface area contributed by atoms with Crippen molar-refractivity contribution in [3.8, 4) is 17.2 Å². The van der Waals surface area contributed by atoms with E-state index < -0.39 is 31.1 Å². The summed E-state index contributed by atoms with van der Waals surface area (Å²) in [5, 5.41) is 0. The Hall–Kier alpha value is -2.27. The zero-order valence-electron chi connectivity index (χ0n) is 13.1. The second-order valence-electron chi connectivity index (χ2n) is 5.93. The van der Waals surface area contributed by atoms with Crippen LogP contribution in [0.4, 0.5) is 13.2 Å². The van der Waals surface area contributed by atoms with Crippen molar-refractivity contribution in [1.82, 2.24) is 9.38 Å². The lowest BCUT2D eigenvalue weighted by Crippen LogP contribution is -2.26. The maximum atomic E-state index is 13.3. The molecule has 0 amide bonds. The van der Waals surface area contributed by atoms with Crippen molar-refractivity contribution in [1.29, 1.82) is 0 Å². The summed E-state index contributed by atoms with van der Waals surface area (Å²) >= 11 is 0. The second-order valence-corrected chi connectivity index (χ2v) is 10.7. The highest BCUT2D eigenvalue weighted by molar-refractivity contribution is 6.83. The van der Waals surface area contributed by atoms with Crippen LogP contribution in [0.2, 0.25) is 19.6 Å². The van der Waals surface area contributed by atoms with Gasteiger partial charge in [-0.25, -0.2) is 4.98 Å². The van der Waals surface area contributed by atoms with Crippen LogP contribution in [0.3, 0.4) is 0 Å². The molecule has 0 spiro atoms. The summed E-state index contributed by atoms with van der Waals surface area (Å²) in [5.74, 6) is 2.72. The van der Waals surface area contributed by atoms with Gasteiger partial charge in [-0.1, -0.05) is 25.6 Å². The largest absolute Gasteiger partial charge is 0.497 e. The third-order valence-corrected chi connectivity index (χ3v) is 3.74. The van der Waals surface area contributed by atoms with E-state index >= 15 is 0 Å². The van der Waals surface area contributed by atoms with Crippen LogP contribution in [0, 0.1) is 11.5 Å². The van der Waals surface area contributed by atoms with Crippen LogP contribution in [0.25, 0.3) is 5.65 Å². The fourth-order valence-electron chi connectivity index (χ4n) is 1.81. The third-order valence-electron chi connectivity index (χ3n) is 2.87. The minimum absolute atomic E-state index is 0.139. The molecule has 0 saturated heterocycles. The number of hydrogen-bond acceptors (Lipinski definition) is 3. The molecule has 0 saturated carbocycles. The molecule has 23 heavy (non-hydrogen) atoms. The first-order valence-electron chi connectivity index (χ1n) is 6.74. The fourth-order valence-corrected chi connectivity index (χ4v) is 2.31. The van der Waals surface area contributed by atoms with E-state index in [1.807, 2.05) is 19.6 Å². The molecule has 0 aliphatic carbocycles. The van der Waals surface area contributed by atoms with E-state index in [0.717, 1.165) is 4.40 Å². The molecule has 0 radical (unpaired) electrons. The zero-order valence-corrected chi connectivity index (χ0v) is 14.1. The quantitative estimate of drug-likeness (QED) is 0.592. The molecule has 0 fully saturated rings. The van der Waals surface area contributed by atoms with Crippen molar-refractivity contribution in [2.75, 3.05) is 7.11 Å². The first-order chi connectivity index (χ1) is 10.5. The van der Waals surface area contributed by atoms with Gasteiger partial charge in [0.2, 0.25) is 0 Å². The molecule has 0 aromatic carbocycles. The molecule has 0 N–H and O–H groups in total. The van der Waals surface area contributed by atoms with Crippen LogP contribution in [0.5, 0.6) is 5.75 Å². The highest BCUT2D eigenvalue weighted by Gasteiger charge is 2.37. The van der Waals surface area contributed by atoms with Gasteiger partial charge in [-0.05, 0) is 6.07 Å². The average Bonchev–Trinajstić information content (AvgIpc) is 2.43. The molecule has 4 nitrogen and oxygen atoms in total. The Morgan fingerprint density at radius 1 is 1.30 bits per heavy atom. The van der Waals surface area contributed by atoms with Crippen LogP contribution in [-0.4, -0.2) is 24.6 Å².